The van der Waals surface area contributed by atoms with E-state index in [2.05, 4.69) is 30.0 Å². The molecule has 1 aliphatic rings. The first kappa shape index (κ1) is 12.7. The van der Waals surface area contributed by atoms with Crippen molar-refractivity contribution in [2.24, 2.45) is 5.92 Å². The van der Waals surface area contributed by atoms with Crippen LogP contribution in [0.2, 0.25) is 0 Å². The first-order chi connectivity index (χ1) is 8.24. The third-order valence-corrected chi connectivity index (χ3v) is 3.70. The average molecular weight is 254 g/mol. The van der Waals surface area contributed by atoms with Gasteiger partial charge in [0.15, 0.2) is 0 Å². The molecule has 0 aliphatic carbocycles. The van der Waals surface area contributed by atoms with Crippen molar-refractivity contribution < 1.29 is 4.74 Å². The molecule has 0 radical (unpaired) electrons. The van der Waals surface area contributed by atoms with Gasteiger partial charge in [-0.15, -0.1) is 11.6 Å². The van der Waals surface area contributed by atoms with Crippen LogP contribution < -0.4 is 4.90 Å². The third kappa shape index (κ3) is 2.93. The van der Waals surface area contributed by atoms with Crippen molar-refractivity contribution in [2.45, 2.75) is 19.2 Å². The van der Waals surface area contributed by atoms with Crippen LogP contribution in [-0.2, 0) is 10.6 Å². The Bertz CT molecular complexity index is 380. The molecule has 1 atom stereocenters. The zero-order valence-corrected chi connectivity index (χ0v) is 11.3. The zero-order chi connectivity index (χ0) is 12.3. The Kier molecular flexibility index (Phi) is 4.30. The van der Waals surface area contributed by atoms with E-state index in [0.717, 1.165) is 19.7 Å². The first-order valence-electron chi connectivity index (χ1n) is 6.14. The molecule has 17 heavy (non-hydrogen) atoms. The molecule has 3 heteroatoms. The van der Waals surface area contributed by atoms with Gasteiger partial charge in [0.1, 0.15) is 0 Å². The van der Waals surface area contributed by atoms with E-state index in [-0.39, 0.29) is 0 Å². The number of ether oxygens (including phenoxy) is 1. The molecule has 94 valence electrons. The van der Waals surface area contributed by atoms with E-state index in [9.17, 15) is 0 Å². The number of benzene rings is 1. The lowest BCUT2D eigenvalue weighted by Gasteiger charge is -2.22. The molecule has 1 aromatic rings. The molecule has 1 aliphatic heterocycles. The summed E-state index contributed by atoms with van der Waals surface area (Å²) in [7, 11) is 1.78. The molecular weight excluding hydrogens is 234 g/mol. The number of hydrogen-bond acceptors (Lipinski definition) is 2. The molecule has 2 nitrogen and oxygen atoms in total. The highest BCUT2D eigenvalue weighted by Crippen LogP contribution is 2.29. The van der Waals surface area contributed by atoms with Gasteiger partial charge in [0.05, 0.1) is 6.61 Å². The van der Waals surface area contributed by atoms with Crippen molar-refractivity contribution in [3.8, 4) is 0 Å². The van der Waals surface area contributed by atoms with Gasteiger partial charge in [-0.3, -0.25) is 0 Å². The minimum absolute atomic E-state index is 0.586. The van der Waals surface area contributed by atoms with E-state index in [1.54, 1.807) is 7.11 Å². The number of halogens is 1. The maximum atomic E-state index is 6.03. The fraction of sp³-hybridized carbons (Fsp3) is 0.571. The first-order valence-corrected chi connectivity index (χ1v) is 6.67. The molecule has 0 saturated carbocycles. The number of aryl methyl sites for hydroxylation is 1. The highest BCUT2D eigenvalue weighted by Gasteiger charge is 2.23. The molecule has 2 rings (SSSR count). The van der Waals surface area contributed by atoms with Crippen LogP contribution in [-0.4, -0.2) is 26.8 Å². The fourth-order valence-corrected chi connectivity index (χ4v) is 2.77. The summed E-state index contributed by atoms with van der Waals surface area (Å²) in [6, 6.07) is 6.54. The Morgan fingerprint density at radius 1 is 1.47 bits per heavy atom. The summed E-state index contributed by atoms with van der Waals surface area (Å²) in [5.74, 6) is 1.24. The van der Waals surface area contributed by atoms with Crippen molar-refractivity contribution in [2.75, 3.05) is 31.7 Å². The number of nitrogens with zero attached hydrogens (tertiary/aromatic N) is 1. The second kappa shape index (κ2) is 5.74. The van der Waals surface area contributed by atoms with E-state index >= 15 is 0 Å². The summed E-state index contributed by atoms with van der Waals surface area (Å²) in [5.41, 5.74) is 3.81. The monoisotopic (exact) mass is 253 g/mol. The predicted molar refractivity (Wildman–Crippen MR) is 72.9 cm³/mol. The molecular formula is C14H20ClNO. The standard InChI is InChI=1S/C14H20ClNO/c1-11-3-4-14(13(7-11)8-15)16-6-5-12(9-16)10-17-2/h3-4,7,12H,5-6,8-10H2,1-2H3. The summed E-state index contributed by atoms with van der Waals surface area (Å²) in [4.78, 5) is 2.43. The number of alkyl halides is 1. The Labute approximate surface area is 109 Å². The highest BCUT2D eigenvalue weighted by molar-refractivity contribution is 6.17. The van der Waals surface area contributed by atoms with E-state index in [1.165, 1.54) is 23.2 Å². The van der Waals surface area contributed by atoms with Gasteiger partial charge in [-0.05, 0) is 25.0 Å². The van der Waals surface area contributed by atoms with Gasteiger partial charge in [0.2, 0.25) is 0 Å². The van der Waals surface area contributed by atoms with Crippen LogP contribution in [0.15, 0.2) is 18.2 Å². The molecule has 0 aromatic heterocycles. The smallest absolute Gasteiger partial charge is 0.0508 e. The van der Waals surface area contributed by atoms with Gasteiger partial charge in [0.25, 0.3) is 0 Å². The molecule has 1 unspecified atom stereocenters. The van der Waals surface area contributed by atoms with Crippen LogP contribution >= 0.6 is 11.6 Å². The average Bonchev–Trinajstić information content (AvgIpc) is 2.78. The molecule has 0 amide bonds. The quantitative estimate of drug-likeness (QED) is 0.764. The maximum absolute atomic E-state index is 6.03. The van der Waals surface area contributed by atoms with Crippen molar-refractivity contribution in [1.82, 2.24) is 0 Å². The minimum Gasteiger partial charge on any atom is -0.384 e. The molecule has 1 saturated heterocycles. The Hall–Kier alpha value is -0.730. The summed E-state index contributed by atoms with van der Waals surface area (Å²) in [6.45, 7) is 5.16. The van der Waals surface area contributed by atoms with Gasteiger partial charge in [-0.2, -0.15) is 0 Å². The van der Waals surface area contributed by atoms with Gasteiger partial charge >= 0.3 is 0 Å². The third-order valence-electron chi connectivity index (χ3n) is 3.41. The fourth-order valence-electron chi connectivity index (χ4n) is 2.55. The van der Waals surface area contributed by atoms with Crippen LogP contribution in [0.1, 0.15) is 17.5 Å². The SMILES string of the molecule is COCC1CCN(c2ccc(C)cc2CCl)C1. The molecule has 0 N–H and O–H groups in total. The van der Waals surface area contributed by atoms with E-state index < -0.39 is 0 Å². The predicted octanol–water partition coefficient (Wildman–Crippen LogP) is 3.21. The van der Waals surface area contributed by atoms with Crippen molar-refractivity contribution in [1.29, 1.82) is 0 Å². The van der Waals surface area contributed by atoms with E-state index in [4.69, 9.17) is 16.3 Å². The minimum atomic E-state index is 0.586. The number of methoxy groups -OCH3 is 1. The van der Waals surface area contributed by atoms with Crippen molar-refractivity contribution in [3.05, 3.63) is 29.3 Å². The van der Waals surface area contributed by atoms with Crippen LogP contribution in [0.25, 0.3) is 0 Å². The highest BCUT2D eigenvalue weighted by atomic mass is 35.5. The summed E-state index contributed by atoms with van der Waals surface area (Å²) in [6.07, 6.45) is 1.21. The van der Waals surface area contributed by atoms with Crippen LogP contribution in [0, 0.1) is 12.8 Å². The zero-order valence-electron chi connectivity index (χ0n) is 10.6. The molecule has 0 spiro atoms. The maximum Gasteiger partial charge on any atom is 0.0508 e. The lowest BCUT2D eigenvalue weighted by atomic mass is 10.1. The van der Waals surface area contributed by atoms with E-state index in [0.29, 0.717) is 11.8 Å². The number of rotatable bonds is 4. The Morgan fingerprint density at radius 3 is 3.00 bits per heavy atom. The molecule has 1 aromatic carbocycles. The van der Waals surface area contributed by atoms with Crippen LogP contribution in [0.3, 0.4) is 0 Å². The normalized spacial score (nSPS) is 19.9. The van der Waals surface area contributed by atoms with Crippen molar-refractivity contribution in [3.63, 3.8) is 0 Å². The Balaban J connectivity index is 2.12. The van der Waals surface area contributed by atoms with Gasteiger partial charge in [0, 0.05) is 37.7 Å². The van der Waals surface area contributed by atoms with Crippen LogP contribution in [0.5, 0.6) is 0 Å². The molecule has 1 heterocycles. The summed E-state index contributed by atoms with van der Waals surface area (Å²) < 4.78 is 5.23. The van der Waals surface area contributed by atoms with Gasteiger partial charge in [-0.1, -0.05) is 17.7 Å². The largest absolute Gasteiger partial charge is 0.384 e. The molecule has 0 bridgehead atoms. The van der Waals surface area contributed by atoms with E-state index in [1.807, 2.05) is 0 Å². The topological polar surface area (TPSA) is 12.5 Å². The second-order valence-corrected chi connectivity index (χ2v) is 5.09. The second-order valence-electron chi connectivity index (χ2n) is 4.82. The van der Waals surface area contributed by atoms with Crippen LogP contribution in [0.4, 0.5) is 5.69 Å². The lowest BCUT2D eigenvalue weighted by molar-refractivity contribution is 0.161. The number of anilines is 1. The van der Waals surface area contributed by atoms with Gasteiger partial charge in [-0.25, -0.2) is 0 Å². The lowest BCUT2D eigenvalue weighted by Crippen LogP contribution is -2.22. The number of hydrogen-bond donors (Lipinski definition) is 0. The summed E-state index contributed by atoms with van der Waals surface area (Å²) >= 11 is 6.03. The van der Waals surface area contributed by atoms with Crippen molar-refractivity contribution >= 4 is 17.3 Å². The Morgan fingerprint density at radius 2 is 2.29 bits per heavy atom. The van der Waals surface area contributed by atoms with Gasteiger partial charge < -0.3 is 9.64 Å². The summed E-state index contributed by atoms with van der Waals surface area (Å²) in [5, 5.41) is 0. The molecule has 1 fully saturated rings.